The lowest BCUT2D eigenvalue weighted by Crippen LogP contribution is -2.24. The van der Waals surface area contributed by atoms with E-state index >= 15 is 0 Å². The molecule has 0 radical (unpaired) electrons. The first kappa shape index (κ1) is 12.3. The van der Waals surface area contributed by atoms with E-state index < -0.39 is 0 Å². The van der Waals surface area contributed by atoms with E-state index in [0.29, 0.717) is 6.54 Å². The number of carbonyl (C=O) groups is 1. The molecule has 0 aliphatic rings. The topological polar surface area (TPSA) is 29.1 Å². The number of thiophene rings is 2. The third-order valence-corrected chi connectivity index (χ3v) is 4.55. The lowest BCUT2D eigenvalue weighted by atomic mass is 10.2. The second kappa shape index (κ2) is 5.47. The maximum Gasteiger partial charge on any atom is 0.261 e. The molecule has 90 valence electrons. The molecule has 0 saturated carbocycles. The molecule has 2 aromatic heterocycles. The van der Waals surface area contributed by atoms with E-state index in [-0.39, 0.29) is 5.91 Å². The van der Waals surface area contributed by atoms with Gasteiger partial charge in [0.2, 0.25) is 0 Å². The number of amides is 1. The standard InChI is InChI=1S/C13H15NOS2/c1-9-7-12(17-10(9)2)13(15)14-5-3-11-4-6-16-8-11/h4,6-8H,3,5H2,1-2H3,(H,14,15). The highest BCUT2D eigenvalue weighted by atomic mass is 32.1. The Morgan fingerprint density at radius 3 is 2.82 bits per heavy atom. The van der Waals surface area contributed by atoms with Crippen molar-refractivity contribution in [1.82, 2.24) is 5.32 Å². The SMILES string of the molecule is Cc1cc(C(=O)NCCc2ccsc2)sc1C. The largest absolute Gasteiger partial charge is 0.351 e. The van der Waals surface area contributed by atoms with Gasteiger partial charge in [0.25, 0.3) is 5.91 Å². The van der Waals surface area contributed by atoms with Crippen LogP contribution in [0.25, 0.3) is 0 Å². The summed E-state index contributed by atoms with van der Waals surface area (Å²) in [5.74, 6) is 0.0430. The minimum Gasteiger partial charge on any atom is -0.351 e. The van der Waals surface area contributed by atoms with Gasteiger partial charge in [-0.2, -0.15) is 11.3 Å². The Kier molecular flexibility index (Phi) is 3.97. The Morgan fingerprint density at radius 2 is 2.24 bits per heavy atom. The zero-order valence-electron chi connectivity index (χ0n) is 9.95. The van der Waals surface area contributed by atoms with Crippen LogP contribution >= 0.6 is 22.7 Å². The molecule has 0 aromatic carbocycles. The zero-order chi connectivity index (χ0) is 12.3. The fraction of sp³-hybridized carbons (Fsp3) is 0.308. The highest BCUT2D eigenvalue weighted by Gasteiger charge is 2.09. The van der Waals surface area contributed by atoms with Crippen molar-refractivity contribution in [2.75, 3.05) is 6.54 Å². The summed E-state index contributed by atoms with van der Waals surface area (Å²) in [5, 5.41) is 7.13. The molecule has 0 fully saturated rings. The first-order chi connectivity index (χ1) is 8.16. The van der Waals surface area contributed by atoms with Crippen LogP contribution in [0, 0.1) is 13.8 Å². The minimum atomic E-state index is 0.0430. The third-order valence-electron chi connectivity index (χ3n) is 2.67. The van der Waals surface area contributed by atoms with Gasteiger partial charge in [-0.3, -0.25) is 4.79 Å². The monoisotopic (exact) mass is 265 g/mol. The summed E-state index contributed by atoms with van der Waals surface area (Å²) < 4.78 is 0. The first-order valence-corrected chi connectivity index (χ1v) is 7.29. The second-order valence-corrected chi connectivity index (χ2v) is 6.02. The molecule has 0 atom stereocenters. The first-order valence-electron chi connectivity index (χ1n) is 5.53. The number of hydrogen-bond acceptors (Lipinski definition) is 3. The Balaban J connectivity index is 1.85. The average molecular weight is 265 g/mol. The van der Waals surface area contributed by atoms with Gasteiger partial charge in [0.15, 0.2) is 0 Å². The predicted molar refractivity (Wildman–Crippen MR) is 74.1 cm³/mol. The molecule has 1 N–H and O–H groups in total. The van der Waals surface area contributed by atoms with Gasteiger partial charge in [0.05, 0.1) is 4.88 Å². The molecule has 0 bridgehead atoms. The van der Waals surface area contributed by atoms with Crippen LogP contribution in [-0.4, -0.2) is 12.5 Å². The molecule has 2 rings (SSSR count). The summed E-state index contributed by atoms with van der Waals surface area (Å²) in [6.07, 6.45) is 0.901. The van der Waals surface area contributed by atoms with Crippen molar-refractivity contribution >= 4 is 28.6 Å². The molecule has 2 heterocycles. The lowest BCUT2D eigenvalue weighted by Gasteiger charge is -2.01. The molecule has 0 aliphatic heterocycles. The number of aryl methyl sites for hydroxylation is 2. The molecule has 0 unspecified atom stereocenters. The Bertz CT molecular complexity index is 480. The summed E-state index contributed by atoms with van der Waals surface area (Å²) >= 11 is 3.25. The smallest absolute Gasteiger partial charge is 0.261 e. The molecule has 2 nitrogen and oxygen atoms in total. The quantitative estimate of drug-likeness (QED) is 0.902. The van der Waals surface area contributed by atoms with Crippen LogP contribution in [0.3, 0.4) is 0 Å². The van der Waals surface area contributed by atoms with Crippen LogP contribution in [-0.2, 0) is 6.42 Å². The number of rotatable bonds is 4. The zero-order valence-corrected chi connectivity index (χ0v) is 11.6. The van der Waals surface area contributed by atoms with E-state index in [1.54, 1.807) is 22.7 Å². The Hall–Kier alpha value is -1.13. The van der Waals surface area contributed by atoms with Gasteiger partial charge in [-0.05, 0) is 54.3 Å². The fourth-order valence-corrected chi connectivity index (χ4v) is 3.18. The molecule has 4 heteroatoms. The Labute approximate surface area is 109 Å². The van der Waals surface area contributed by atoms with E-state index in [9.17, 15) is 4.79 Å². The van der Waals surface area contributed by atoms with Crippen molar-refractivity contribution in [2.45, 2.75) is 20.3 Å². The normalized spacial score (nSPS) is 10.5. The van der Waals surface area contributed by atoms with Crippen molar-refractivity contribution in [2.24, 2.45) is 0 Å². The number of hydrogen-bond donors (Lipinski definition) is 1. The van der Waals surface area contributed by atoms with Gasteiger partial charge >= 0.3 is 0 Å². The molecule has 0 spiro atoms. The van der Waals surface area contributed by atoms with Gasteiger partial charge in [-0.1, -0.05) is 0 Å². The van der Waals surface area contributed by atoms with Crippen molar-refractivity contribution in [3.63, 3.8) is 0 Å². The summed E-state index contributed by atoms with van der Waals surface area (Å²) in [6.45, 7) is 4.78. The van der Waals surface area contributed by atoms with Gasteiger partial charge in [-0.25, -0.2) is 0 Å². The summed E-state index contributed by atoms with van der Waals surface area (Å²) in [7, 11) is 0. The van der Waals surface area contributed by atoms with E-state index in [4.69, 9.17) is 0 Å². The van der Waals surface area contributed by atoms with Crippen molar-refractivity contribution in [3.8, 4) is 0 Å². The molecular formula is C13H15NOS2. The van der Waals surface area contributed by atoms with Crippen molar-refractivity contribution < 1.29 is 4.79 Å². The third kappa shape index (κ3) is 3.17. The van der Waals surface area contributed by atoms with E-state index in [1.807, 2.05) is 19.9 Å². The highest BCUT2D eigenvalue weighted by Crippen LogP contribution is 2.20. The van der Waals surface area contributed by atoms with Crippen LogP contribution in [0.4, 0.5) is 0 Å². The van der Waals surface area contributed by atoms with E-state index in [2.05, 4.69) is 22.1 Å². The molecule has 0 saturated heterocycles. The van der Waals surface area contributed by atoms with Crippen LogP contribution < -0.4 is 5.32 Å². The molecule has 17 heavy (non-hydrogen) atoms. The molecule has 1 amide bonds. The van der Waals surface area contributed by atoms with E-state index in [1.165, 1.54) is 16.0 Å². The average Bonchev–Trinajstić information content (AvgIpc) is 2.90. The van der Waals surface area contributed by atoms with Crippen LogP contribution in [0.2, 0.25) is 0 Å². The molecule has 2 aromatic rings. The van der Waals surface area contributed by atoms with Gasteiger partial charge < -0.3 is 5.32 Å². The fourth-order valence-electron chi connectivity index (χ4n) is 1.53. The van der Waals surface area contributed by atoms with Gasteiger partial charge in [0, 0.05) is 11.4 Å². The maximum atomic E-state index is 11.8. The van der Waals surface area contributed by atoms with Gasteiger partial charge in [-0.15, -0.1) is 11.3 Å². The van der Waals surface area contributed by atoms with E-state index in [0.717, 1.165) is 11.3 Å². The highest BCUT2D eigenvalue weighted by molar-refractivity contribution is 7.14. The maximum absolute atomic E-state index is 11.8. The predicted octanol–water partition coefficient (Wildman–Crippen LogP) is 3.40. The van der Waals surface area contributed by atoms with Crippen molar-refractivity contribution in [3.05, 3.63) is 43.8 Å². The van der Waals surface area contributed by atoms with Gasteiger partial charge in [0.1, 0.15) is 0 Å². The lowest BCUT2D eigenvalue weighted by molar-refractivity contribution is 0.0958. The van der Waals surface area contributed by atoms with Crippen LogP contribution in [0.15, 0.2) is 22.9 Å². The van der Waals surface area contributed by atoms with Crippen LogP contribution in [0.5, 0.6) is 0 Å². The van der Waals surface area contributed by atoms with Crippen molar-refractivity contribution in [1.29, 1.82) is 0 Å². The second-order valence-electron chi connectivity index (χ2n) is 3.99. The number of carbonyl (C=O) groups excluding carboxylic acids is 1. The Morgan fingerprint density at radius 1 is 1.41 bits per heavy atom. The summed E-state index contributed by atoms with van der Waals surface area (Å²) in [6, 6.07) is 4.05. The minimum absolute atomic E-state index is 0.0430. The summed E-state index contributed by atoms with van der Waals surface area (Å²) in [5.41, 5.74) is 2.48. The number of nitrogens with one attached hydrogen (secondary N) is 1. The van der Waals surface area contributed by atoms with Crippen LogP contribution in [0.1, 0.15) is 25.7 Å². The summed E-state index contributed by atoms with van der Waals surface area (Å²) in [4.78, 5) is 13.9. The molecular weight excluding hydrogens is 250 g/mol. The molecule has 0 aliphatic carbocycles.